The lowest BCUT2D eigenvalue weighted by atomic mass is 10.0. The average molecular weight is 341 g/mol. The molecule has 0 fully saturated rings. The van der Waals surface area contributed by atoms with Gasteiger partial charge in [-0.05, 0) is 61.0 Å². The van der Waals surface area contributed by atoms with Gasteiger partial charge in [0, 0.05) is 11.1 Å². The Morgan fingerprint density at radius 3 is 2.31 bits per heavy atom. The number of hydrogen-bond acceptors (Lipinski definition) is 2. The number of benzene rings is 3. The molecule has 26 heavy (non-hydrogen) atoms. The lowest BCUT2D eigenvalue weighted by molar-refractivity contribution is 0.100. The molecule has 0 bridgehead atoms. The minimum atomic E-state index is -0.432. The van der Waals surface area contributed by atoms with Gasteiger partial charge in [-0.15, -0.1) is 0 Å². The Morgan fingerprint density at radius 2 is 1.58 bits per heavy atom. The molecule has 3 aromatic carbocycles. The molecule has 1 aromatic heterocycles. The normalized spacial score (nSPS) is 11.0. The minimum absolute atomic E-state index is 0.432. The molecule has 4 rings (SSSR count). The smallest absolute Gasteiger partial charge is 0.248 e. The first-order chi connectivity index (χ1) is 12.5. The van der Waals surface area contributed by atoms with E-state index in [0.29, 0.717) is 5.56 Å². The van der Waals surface area contributed by atoms with Crippen LogP contribution in [0.4, 0.5) is 0 Å². The first-order valence-corrected chi connectivity index (χ1v) is 8.49. The predicted molar refractivity (Wildman–Crippen MR) is 104 cm³/mol. The standard InChI is InChI=1S/C22H19N3O/c1-14-3-4-18-13-19(6-5-17(18)11-14)21-12-15(2)24-25(21)20-9-7-16(8-10-20)22(23)26/h3-13H,1-2H3,(H2,23,26). The molecule has 1 heterocycles. The molecule has 0 spiro atoms. The van der Waals surface area contributed by atoms with Crippen molar-refractivity contribution < 1.29 is 4.79 Å². The quantitative estimate of drug-likeness (QED) is 0.600. The van der Waals surface area contributed by atoms with E-state index in [-0.39, 0.29) is 0 Å². The molecule has 4 aromatic rings. The van der Waals surface area contributed by atoms with E-state index in [0.717, 1.165) is 22.6 Å². The van der Waals surface area contributed by atoms with E-state index in [1.165, 1.54) is 16.3 Å². The zero-order valence-corrected chi connectivity index (χ0v) is 14.7. The number of hydrogen-bond donors (Lipinski definition) is 1. The molecular formula is C22H19N3O. The Kier molecular flexibility index (Phi) is 3.81. The van der Waals surface area contributed by atoms with Gasteiger partial charge in [-0.2, -0.15) is 5.10 Å². The fraction of sp³-hybridized carbons (Fsp3) is 0.0909. The number of carbonyl (C=O) groups is 1. The van der Waals surface area contributed by atoms with Crippen molar-refractivity contribution in [2.75, 3.05) is 0 Å². The highest BCUT2D eigenvalue weighted by molar-refractivity contribution is 5.93. The number of nitrogens with zero attached hydrogens (tertiary/aromatic N) is 2. The second kappa shape index (κ2) is 6.15. The molecule has 2 N–H and O–H groups in total. The maximum absolute atomic E-state index is 11.3. The van der Waals surface area contributed by atoms with E-state index in [9.17, 15) is 4.79 Å². The third-order valence-corrected chi connectivity index (χ3v) is 4.52. The van der Waals surface area contributed by atoms with E-state index in [2.05, 4.69) is 54.5 Å². The Morgan fingerprint density at radius 1 is 0.885 bits per heavy atom. The molecule has 4 nitrogen and oxygen atoms in total. The van der Waals surface area contributed by atoms with Crippen molar-refractivity contribution in [3.63, 3.8) is 0 Å². The third kappa shape index (κ3) is 2.86. The summed E-state index contributed by atoms with van der Waals surface area (Å²) in [6, 6.07) is 22.1. The van der Waals surface area contributed by atoms with E-state index in [1.54, 1.807) is 12.1 Å². The summed E-state index contributed by atoms with van der Waals surface area (Å²) in [5, 5.41) is 7.05. The van der Waals surface area contributed by atoms with Gasteiger partial charge in [-0.3, -0.25) is 4.79 Å². The van der Waals surface area contributed by atoms with Crippen LogP contribution < -0.4 is 5.73 Å². The first-order valence-electron chi connectivity index (χ1n) is 8.49. The Balaban J connectivity index is 1.83. The molecule has 0 radical (unpaired) electrons. The molecule has 0 aliphatic carbocycles. The van der Waals surface area contributed by atoms with Gasteiger partial charge in [0.05, 0.1) is 17.1 Å². The van der Waals surface area contributed by atoms with Crippen molar-refractivity contribution in [2.24, 2.45) is 5.73 Å². The SMILES string of the molecule is Cc1ccc2cc(-c3cc(C)nn3-c3ccc(C(N)=O)cc3)ccc2c1. The van der Waals surface area contributed by atoms with Crippen LogP contribution in [0.2, 0.25) is 0 Å². The van der Waals surface area contributed by atoms with Gasteiger partial charge in [-0.1, -0.05) is 35.9 Å². The van der Waals surface area contributed by atoms with Crippen LogP contribution in [0.1, 0.15) is 21.6 Å². The van der Waals surface area contributed by atoms with E-state index < -0.39 is 5.91 Å². The van der Waals surface area contributed by atoms with Gasteiger partial charge < -0.3 is 5.73 Å². The fourth-order valence-electron chi connectivity index (χ4n) is 3.19. The van der Waals surface area contributed by atoms with Crippen LogP contribution in [-0.4, -0.2) is 15.7 Å². The van der Waals surface area contributed by atoms with Gasteiger partial charge in [0.15, 0.2) is 0 Å². The molecule has 0 saturated heterocycles. The van der Waals surface area contributed by atoms with Crippen LogP contribution in [0.15, 0.2) is 66.7 Å². The number of fused-ring (bicyclic) bond motifs is 1. The third-order valence-electron chi connectivity index (χ3n) is 4.52. The molecule has 0 aliphatic heterocycles. The highest BCUT2D eigenvalue weighted by Gasteiger charge is 2.11. The number of nitrogens with two attached hydrogens (primary N) is 1. The summed E-state index contributed by atoms with van der Waals surface area (Å²) in [5.41, 5.74) is 11.0. The second-order valence-corrected chi connectivity index (χ2v) is 6.56. The maximum atomic E-state index is 11.3. The van der Waals surface area contributed by atoms with Crippen molar-refractivity contribution in [3.05, 3.63) is 83.6 Å². The van der Waals surface area contributed by atoms with E-state index in [1.807, 2.05) is 23.7 Å². The molecule has 0 saturated carbocycles. The van der Waals surface area contributed by atoms with Crippen LogP contribution in [0.5, 0.6) is 0 Å². The first kappa shape index (κ1) is 16.1. The van der Waals surface area contributed by atoms with Gasteiger partial charge >= 0.3 is 0 Å². The van der Waals surface area contributed by atoms with Crippen molar-refractivity contribution in [2.45, 2.75) is 13.8 Å². The lowest BCUT2D eigenvalue weighted by Gasteiger charge is -2.09. The Hall–Kier alpha value is -3.40. The van der Waals surface area contributed by atoms with Crippen LogP contribution in [0.25, 0.3) is 27.7 Å². The van der Waals surface area contributed by atoms with E-state index in [4.69, 9.17) is 5.73 Å². The highest BCUT2D eigenvalue weighted by Crippen LogP contribution is 2.28. The Labute approximate surface area is 151 Å². The summed E-state index contributed by atoms with van der Waals surface area (Å²) in [7, 11) is 0. The van der Waals surface area contributed by atoms with Crippen molar-refractivity contribution in [1.82, 2.24) is 9.78 Å². The minimum Gasteiger partial charge on any atom is -0.366 e. The summed E-state index contributed by atoms with van der Waals surface area (Å²) in [5.74, 6) is -0.432. The zero-order valence-electron chi connectivity index (χ0n) is 14.7. The number of primary amides is 1. The Bertz CT molecular complexity index is 1120. The van der Waals surface area contributed by atoms with Crippen LogP contribution in [0, 0.1) is 13.8 Å². The zero-order chi connectivity index (χ0) is 18.3. The lowest BCUT2D eigenvalue weighted by Crippen LogP contribution is -2.10. The molecule has 4 heteroatoms. The number of carbonyl (C=O) groups excluding carboxylic acids is 1. The summed E-state index contributed by atoms with van der Waals surface area (Å²) >= 11 is 0. The molecule has 0 atom stereocenters. The molecule has 0 unspecified atom stereocenters. The number of rotatable bonds is 3. The summed E-state index contributed by atoms with van der Waals surface area (Å²) < 4.78 is 1.90. The van der Waals surface area contributed by atoms with Gasteiger partial charge in [0.2, 0.25) is 5.91 Å². The van der Waals surface area contributed by atoms with Crippen molar-refractivity contribution >= 4 is 16.7 Å². The van der Waals surface area contributed by atoms with Gasteiger partial charge in [-0.25, -0.2) is 4.68 Å². The second-order valence-electron chi connectivity index (χ2n) is 6.56. The molecular weight excluding hydrogens is 322 g/mol. The topological polar surface area (TPSA) is 60.9 Å². The van der Waals surface area contributed by atoms with Gasteiger partial charge in [0.1, 0.15) is 0 Å². The largest absolute Gasteiger partial charge is 0.366 e. The van der Waals surface area contributed by atoms with E-state index >= 15 is 0 Å². The van der Waals surface area contributed by atoms with Crippen molar-refractivity contribution in [1.29, 1.82) is 0 Å². The molecule has 128 valence electrons. The summed E-state index contributed by atoms with van der Waals surface area (Å²) in [6.07, 6.45) is 0. The number of aryl methyl sites for hydroxylation is 2. The summed E-state index contributed by atoms with van der Waals surface area (Å²) in [4.78, 5) is 11.3. The monoisotopic (exact) mass is 341 g/mol. The fourth-order valence-corrected chi connectivity index (χ4v) is 3.19. The number of amides is 1. The molecule has 1 amide bonds. The van der Waals surface area contributed by atoms with Gasteiger partial charge in [0.25, 0.3) is 0 Å². The average Bonchev–Trinajstić information content (AvgIpc) is 3.03. The predicted octanol–water partition coefficient (Wildman–Crippen LogP) is 4.41. The number of aromatic nitrogens is 2. The van der Waals surface area contributed by atoms with Crippen LogP contribution in [0.3, 0.4) is 0 Å². The molecule has 0 aliphatic rings. The maximum Gasteiger partial charge on any atom is 0.248 e. The van der Waals surface area contributed by atoms with Crippen molar-refractivity contribution in [3.8, 4) is 16.9 Å². The van der Waals surface area contributed by atoms with Crippen LogP contribution >= 0.6 is 0 Å². The highest BCUT2D eigenvalue weighted by atomic mass is 16.1. The summed E-state index contributed by atoms with van der Waals surface area (Å²) in [6.45, 7) is 4.07. The van der Waals surface area contributed by atoms with Crippen LogP contribution in [-0.2, 0) is 0 Å².